The number of allylic oxidation sites excluding steroid dienone is 5. The number of fused-ring (bicyclic) bond motifs is 4. The second-order valence-corrected chi connectivity index (χ2v) is 14.6. The maximum absolute atomic E-state index is 15.1. The highest BCUT2D eigenvalue weighted by atomic mass is 16.5. The lowest BCUT2D eigenvalue weighted by molar-refractivity contribution is -0.145. The number of imide groups is 1. The van der Waals surface area contributed by atoms with Gasteiger partial charge >= 0.3 is 0 Å². The molecule has 0 radical (unpaired) electrons. The van der Waals surface area contributed by atoms with E-state index in [0.717, 1.165) is 5.57 Å². The first-order valence-electron chi connectivity index (χ1n) is 17.1. The lowest BCUT2D eigenvalue weighted by Crippen LogP contribution is -2.59. The summed E-state index contributed by atoms with van der Waals surface area (Å²) in [5.74, 6) is -3.52. The van der Waals surface area contributed by atoms with Gasteiger partial charge in [0.15, 0.2) is 23.1 Å². The molecule has 1 N–H and O–H groups in total. The van der Waals surface area contributed by atoms with Crippen LogP contribution in [0.15, 0.2) is 96.6 Å². The third-order valence-electron chi connectivity index (χ3n) is 11.1. The number of hydrogen-bond donors (Lipinski definition) is 1. The van der Waals surface area contributed by atoms with E-state index in [1.807, 2.05) is 99.7 Å². The van der Waals surface area contributed by atoms with Gasteiger partial charge in [-0.05, 0) is 74.4 Å². The second kappa shape index (κ2) is 12.3. The molecule has 8 heteroatoms. The van der Waals surface area contributed by atoms with Gasteiger partial charge in [-0.15, -0.1) is 0 Å². The maximum Gasteiger partial charge on any atom is 0.234 e. The molecule has 8 nitrogen and oxygen atoms in total. The lowest BCUT2D eigenvalue weighted by atomic mass is 9.45. The number of hydrogen-bond acceptors (Lipinski definition) is 7. The lowest BCUT2D eigenvalue weighted by Gasteiger charge is -2.54. The first kappa shape index (κ1) is 33.3. The topological polar surface area (TPSA) is 110 Å². The highest BCUT2D eigenvalue weighted by Crippen LogP contribution is 2.61. The molecule has 0 spiro atoms. The quantitative estimate of drug-likeness (QED) is 0.233. The number of carbonyl (C=O) groups is 4. The summed E-state index contributed by atoms with van der Waals surface area (Å²) in [5, 5.41) is 10.6. The van der Waals surface area contributed by atoms with Gasteiger partial charge in [-0.3, -0.25) is 24.1 Å². The van der Waals surface area contributed by atoms with Crippen LogP contribution in [0, 0.1) is 29.6 Å². The van der Waals surface area contributed by atoms with Gasteiger partial charge in [-0.2, -0.15) is 0 Å². The van der Waals surface area contributed by atoms with Crippen LogP contribution in [0.25, 0.3) is 11.6 Å². The van der Waals surface area contributed by atoms with Gasteiger partial charge < -0.3 is 14.6 Å². The minimum absolute atomic E-state index is 0.133. The third-order valence-corrected chi connectivity index (χ3v) is 11.1. The molecule has 1 saturated heterocycles. The monoisotopic (exact) mass is 671 g/mol. The smallest absolute Gasteiger partial charge is 0.234 e. The van der Waals surface area contributed by atoms with Crippen LogP contribution in [0.4, 0.5) is 0 Å². The average Bonchev–Trinajstić information content (AvgIpc) is 3.38. The van der Waals surface area contributed by atoms with E-state index in [1.165, 1.54) is 25.2 Å². The first-order valence-corrected chi connectivity index (χ1v) is 17.1. The number of nitrogens with zero attached hydrogens (tertiary/aromatic N) is 1. The van der Waals surface area contributed by atoms with Crippen molar-refractivity contribution in [1.82, 2.24) is 4.90 Å². The van der Waals surface area contributed by atoms with E-state index in [4.69, 9.17) is 9.47 Å². The number of phenolic OH excluding ortho intramolecular Hbond substituents is 1. The Labute approximate surface area is 292 Å². The van der Waals surface area contributed by atoms with E-state index in [2.05, 4.69) is 0 Å². The Morgan fingerprint density at radius 1 is 0.860 bits per heavy atom. The normalized spacial score (nSPS) is 27.8. The fourth-order valence-corrected chi connectivity index (χ4v) is 9.00. The first-order chi connectivity index (χ1) is 23.9. The molecule has 50 heavy (non-hydrogen) atoms. The molecule has 0 unspecified atom stereocenters. The van der Waals surface area contributed by atoms with Crippen LogP contribution in [-0.2, 0) is 24.6 Å². The molecular formula is C42H41NO7. The van der Waals surface area contributed by atoms with E-state index >= 15 is 4.79 Å². The van der Waals surface area contributed by atoms with Crippen molar-refractivity contribution in [1.29, 1.82) is 0 Å². The predicted octanol–water partition coefficient (Wildman–Crippen LogP) is 6.58. The number of methoxy groups -OCH3 is 2. The van der Waals surface area contributed by atoms with Gasteiger partial charge in [0.05, 0.1) is 31.5 Å². The van der Waals surface area contributed by atoms with E-state index in [0.29, 0.717) is 28.7 Å². The fraction of sp³-hybridized carbons (Fsp3) is 0.333. The summed E-state index contributed by atoms with van der Waals surface area (Å²) in [6.45, 7) is 5.59. The van der Waals surface area contributed by atoms with Gasteiger partial charge in [0, 0.05) is 22.9 Å². The van der Waals surface area contributed by atoms with Crippen LogP contribution < -0.4 is 9.47 Å². The number of carbonyl (C=O) groups excluding carboxylic acids is 4. The molecule has 1 saturated carbocycles. The predicted molar refractivity (Wildman–Crippen MR) is 189 cm³/mol. The number of aromatic hydroxyl groups is 1. The molecule has 3 aromatic carbocycles. The number of amides is 2. The largest absolute Gasteiger partial charge is 0.502 e. The number of rotatable bonds is 6. The molecule has 1 aliphatic heterocycles. The Balaban J connectivity index is 1.47. The van der Waals surface area contributed by atoms with Crippen LogP contribution in [0.1, 0.15) is 50.3 Å². The summed E-state index contributed by atoms with van der Waals surface area (Å²) in [6, 6.07) is 22.0. The van der Waals surface area contributed by atoms with Gasteiger partial charge in [0.25, 0.3) is 0 Å². The van der Waals surface area contributed by atoms with Gasteiger partial charge in [-0.25, -0.2) is 0 Å². The summed E-state index contributed by atoms with van der Waals surface area (Å²) in [5.41, 5.74) is 1.25. The Morgan fingerprint density at radius 3 is 2.08 bits per heavy atom. The van der Waals surface area contributed by atoms with Crippen LogP contribution in [0.5, 0.6) is 17.2 Å². The van der Waals surface area contributed by atoms with Crippen molar-refractivity contribution < 1.29 is 33.8 Å². The van der Waals surface area contributed by atoms with E-state index < -0.39 is 40.5 Å². The molecular weight excluding hydrogens is 630 g/mol. The van der Waals surface area contributed by atoms with Crippen molar-refractivity contribution >= 4 is 35.0 Å². The highest BCUT2D eigenvalue weighted by molar-refractivity contribution is 6.31. The Morgan fingerprint density at radius 2 is 1.48 bits per heavy atom. The number of likely N-dealkylation sites (tertiary alicyclic amines) is 1. The zero-order valence-electron chi connectivity index (χ0n) is 28.9. The third kappa shape index (κ3) is 4.95. The number of ether oxygens (including phenoxy) is 2. The molecule has 6 atom stereocenters. The Hall–Kier alpha value is -5.24. The van der Waals surface area contributed by atoms with Crippen molar-refractivity contribution in [2.24, 2.45) is 29.6 Å². The van der Waals surface area contributed by atoms with Gasteiger partial charge in [-0.1, -0.05) is 84.5 Å². The number of phenols is 1. The Bertz CT molecular complexity index is 1960. The number of ketones is 2. The molecule has 0 aromatic heterocycles. The summed E-state index contributed by atoms with van der Waals surface area (Å²) in [6.07, 6.45) is 7.96. The minimum atomic E-state index is -1.32. The van der Waals surface area contributed by atoms with Gasteiger partial charge in [0.2, 0.25) is 17.6 Å². The van der Waals surface area contributed by atoms with Crippen LogP contribution in [-0.4, -0.2) is 53.1 Å². The SMILES string of the molecule is COc1cc(C=C[C@H]2C3=CC[C@@H]4C(=O)N(C(C)(C)C)C(=O)[C@@H]4[C@@H]3C[C@H]3C(=O)C(c4ccccc4)=CC(=O)[C@@]23c2ccccc2)cc(OC)c1O. The molecule has 2 fully saturated rings. The molecule has 1 heterocycles. The van der Waals surface area contributed by atoms with E-state index in [-0.39, 0.29) is 47.1 Å². The Kier molecular flexibility index (Phi) is 8.16. The van der Waals surface area contributed by atoms with Crippen LogP contribution in [0.2, 0.25) is 0 Å². The molecule has 7 rings (SSSR count). The zero-order valence-corrected chi connectivity index (χ0v) is 28.9. The maximum atomic E-state index is 15.1. The second-order valence-electron chi connectivity index (χ2n) is 14.6. The van der Waals surface area contributed by atoms with Crippen LogP contribution >= 0.6 is 0 Å². The van der Waals surface area contributed by atoms with E-state index in [9.17, 15) is 19.5 Å². The highest BCUT2D eigenvalue weighted by Gasteiger charge is 2.65. The fourth-order valence-electron chi connectivity index (χ4n) is 9.00. The van der Waals surface area contributed by atoms with Gasteiger partial charge in [0.1, 0.15) is 0 Å². The molecule has 4 aliphatic rings. The average molecular weight is 672 g/mol. The summed E-state index contributed by atoms with van der Waals surface area (Å²) < 4.78 is 10.8. The van der Waals surface area contributed by atoms with Crippen LogP contribution in [0.3, 0.4) is 0 Å². The van der Waals surface area contributed by atoms with Crippen molar-refractivity contribution in [3.63, 3.8) is 0 Å². The van der Waals surface area contributed by atoms with Crippen molar-refractivity contribution in [2.75, 3.05) is 14.2 Å². The molecule has 0 bridgehead atoms. The molecule has 256 valence electrons. The number of Topliss-reactive ketones (excluding diaryl/α,β-unsaturated/α-hetero) is 1. The summed E-state index contributed by atoms with van der Waals surface area (Å²) in [4.78, 5) is 59.5. The zero-order chi connectivity index (χ0) is 35.5. The molecule has 3 aromatic rings. The molecule has 3 aliphatic carbocycles. The summed E-state index contributed by atoms with van der Waals surface area (Å²) in [7, 11) is 2.91. The van der Waals surface area contributed by atoms with Crippen molar-refractivity contribution in [3.8, 4) is 17.2 Å². The number of benzene rings is 3. The minimum Gasteiger partial charge on any atom is -0.502 e. The van der Waals surface area contributed by atoms with E-state index in [1.54, 1.807) is 12.1 Å². The standard InChI is InChI=1S/C42H41NO7/c1-41(2,3)43-39(47)28-18-17-27-30(36(28)40(43)48)22-32-37(45)29(25-12-8-6-9-13-25)23-35(44)42(32,26-14-10-7-11-15-26)31(27)19-16-24-20-33(49-4)38(46)34(21-24)50-5/h6-17,19-21,23,28,30-32,36,46H,18,22H2,1-5H3/t28-,30+,31-,32-,36-,42-/m0/s1. The summed E-state index contributed by atoms with van der Waals surface area (Å²) >= 11 is 0. The molecule has 2 amide bonds. The van der Waals surface area contributed by atoms with Crippen molar-refractivity contribution in [3.05, 3.63) is 113 Å². The van der Waals surface area contributed by atoms with Crippen molar-refractivity contribution in [2.45, 2.75) is 44.6 Å².